The lowest BCUT2D eigenvalue weighted by Crippen LogP contribution is -2.45. The first-order valence-corrected chi connectivity index (χ1v) is 10.3. The summed E-state index contributed by atoms with van der Waals surface area (Å²) in [5.41, 5.74) is 2.02. The molecule has 2 heterocycles. The van der Waals surface area contributed by atoms with Crippen LogP contribution in [0.3, 0.4) is 0 Å². The predicted octanol–water partition coefficient (Wildman–Crippen LogP) is 2.36. The monoisotopic (exact) mass is 378 g/mol. The molecule has 1 saturated heterocycles. The van der Waals surface area contributed by atoms with Crippen LogP contribution in [0.4, 0.5) is 11.4 Å². The Morgan fingerprint density at radius 1 is 1.35 bits per heavy atom. The molecule has 0 unspecified atom stereocenters. The van der Waals surface area contributed by atoms with Gasteiger partial charge in [-0.25, -0.2) is 18.1 Å². The molecule has 2 aromatic rings. The van der Waals surface area contributed by atoms with Crippen molar-refractivity contribution in [1.29, 1.82) is 0 Å². The number of nitrogens with zero attached hydrogens (tertiary/aromatic N) is 3. The molecule has 0 amide bonds. The molecule has 140 valence electrons. The minimum Gasteiger partial charge on any atom is -0.371 e. The first kappa shape index (κ1) is 18.5. The van der Waals surface area contributed by atoms with Crippen LogP contribution in [0, 0.1) is 17.0 Å². The van der Waals surface area contributed by atoms with E-state index in [1.54, 1.807) is 13.0 Å². The molecule has 1 aliphatic rings. The molecular weight excluding hydrogens is 356 g/mol. The van der Waals surface area contributed by atoms with E-state index in [-0.39, 0.29) is 17.5 Å². The molecular formula is C17H22N4O4S. The van der Waals surface area contributed by atoms with Gasteiger partial charge in [0.15, 0.2) is 5.52 Å². The van der Waals surface area contributed by atoms with Crippen LogP contribution in [0.2, 0.25) is 0 Å². The van der Waals surface area contributed by atoms with Crippen LogP contribution in [0.1, 0.15) is 25.5 Å². The smallest absolute Gasteiger partial charge is 0.295 e. The van der Waals surface area contributed by atoms with Gasteiger partial charge in [0.05, 0.1) is 10.7 Å². The minimum atomic E-state index is -3.21. The number of aryl methyl sites for hydroxylation is 1. The minimum absolute atomic E-state index is 0.00181. The third-order valence-electron chi connectivity index (χ3n) is 4.68. The Labute approximate surface area is 152 Å². The second kappa shape index (κ2) is 7.16. The molecule has 0 spiro atoms. The SMILES string of the molecule is CCS(=O)(=O)NC1CCN(c2cc(C)nc3c([N+](=O)[O-])cccc23)CC1. The number of hydrogen-bond acceptors (Lipinski definition) is 6. The maximum absolute atomic E-state index is 11.7. The second-order valence-electron chi connectivity index (χ2n) is 6.50. The van der Waals surface area contributed by atoms with Crippen molar-refractivity contribution < 1.29 is 13.3 Å². The van der Waals surface area contributed by atoms with Crippen LogP contribution >= 0.6 is 0 Å². The van der Waals surface area contributed by atoms with E-state index in [0.29, 0.717) is 31.4 Å². The van der Waals surface area contributed by atoms with Crippen molar-refractivity contribution in [2.24, 2.45) is 0 Å². The van der Waals surface area contributed by atoms with E-state index in [1.807, 2.05) is 19.1 Å². The Morgan fingerprint density at radius 2 is 2.04 bits per heavy atom. The molecule has 8 nitrogen and oxygen atoms in total. The molecule has 1 aromatic heterocycles. The summed E-state index contributed by atoms with van der Waals surface area (Å²) in [5, 5.41) is 12.1. The zero-order chi connectivity index (χ0) is 18.9. The molecule has 0 atom stereocenters. The van der Waals surface area contributed by atoms with E-state index >= 15 is 0 Å². The predicted molar refractivity (Wildman–Crippen MR) is 101 cm³/mol. The van der Waals surface area contributed by atoms with E-state index in [2.05, 4.69) is 14.6 Å². The lowest BCUT2D eigenvalue weighted by atomic mass is 10.0. The van der Waals surface area contributed by atoms with Crippen LogP contribution in [0.15, 0.2) is 24.3 Å². The Morgan fingerprint density at radius 3 is 2.65 bits per heavy atom. The largest absolute Gasteiger partial charge is 0.371 e. The zero-order valence-corrected chi connectivity index (χ0v) is 15.6. The van der Waals surface area contributed by atoms with E-state index in [4.69, 9.17) is 0 Å². The Bertz CT molecular complexity index is 937. The van der Waals surface area contributed by atoms with Crippen LogP contribution in [0.25, 0.3) is 10.9 Å². The summed E-state index contributed by atoms with van der Waals surface area (Å²) in [6.07, 6.45) is 1.38. The lowest BCUT2D eigenvalue weighted by molar-refractivity contribution is -0.383. The fraction of sp³-hybridized carbons (Fsp3) is 0.471. The van der Waals surface area contributed by atoms with Crippen molar-refractivity contribution in [3.05, 3.63) is 40.1 Å². The standard InChI is InChI=1S/C17H22N4O4S/c1-3-26(24,25)19-13-7-9-20(10-8-13)16-11-12(2)18-17-14(16)5-4-6-15(17)21(22)23/h4-6,11,13,19H,3,7-10H2,1-2H3. The van der Waals surface area contributed by atoms with Crippen LogP contribution < -0.4 is 9.62 Å². The van der Waals surface area contributed by atoms with E-state index < -0.39 is 14.9 Å². The maximum atomic E-state index is 11.7. The van der Waals surface area contributed by atoms with Crippen molar-refractivity contribution in [3.63, 3.8) is 0 Å². The quantitative estimate of drug-likeness (QED) is 0.632. The number of fused-ring (bicyclic) bond motifs is 1. The Balaban J connectivity index is 1.88. The zero-order valence-electron chi connectivity index (χ0n) is 14.8. The van der Waals surface area contributed by atoms with Gasteiger partial charge in [0.1, 0.15) is 0 Å². The molecule has 3 rings (SSSR count). The number of benzene rings is 1. The molecule has 0 aliphatic carbocycles. The average molecular weight is 378 g/mol. The maximum Gasteiger partial charge on any atom is 0.295 e. The number of non-ortho nitro benzene ring substituents is 1. The number of nitro benzene ring substituents is 1. The summed E-state index contributed by atoms with van der Waals surface area (Å²) < 4.78 is 26.2. The Kier molecular flexibility index (Phi) is 5.10. The summed E-state index contributed by atoms with van der Waals surface area (Å²) in [6, 6.07) is 6.84. The van der Waals surface area contributed by atoms with Crippen LogP contribution in [-0.4, -0.2) is 43.2 Å². The first-order valence-electron chi connectivity index (χ1n) is 8.60. The highest BCUT2D eigenvalue weighted by Crippen LogP contribution is 2.33. The van der Waals surface area contributed by atoms with Crippen LogP contribution in [0.5, 0.6) is 0 Å². The number of nitro groups is 1. The van der Waals surface area contributed by atoms with Gasteiger partial charge in [-0.1, -0.05) is 12.1 Å². The third-order valence-corrected chi connectivity index (χ3v) is 6.14. The van der Waals surface area contributed by atoms with E-state index in [0.717, 1.165) is 16.8 Å². The highest BCUT2D eigenvalue weighted by molar-refractivity contribution is 7.89. The van der Waals surface area contributed by atoms with Crippen LogP contribution in [-0.2, 0) is 10.0 Å². The van der Waals surface area contributed by atoms with Gasteiger partial charge in [0.25, 0.3) is 5.69 Å². The molecule has 1 aromatic carbocycles. The van der Waals surface area contributed by atoms with Gasteiger partial charge in [-0.2, -0.15) is 0 Å². The van der Waals surface area contributed by atoms with Gasteiger partial charge in [-0.15, -0.1) is 0 Å². The summed E-state index contributed by atoms with van der Waals surface area (Å²) in [7, 11) is -3.21. The Hall–Kier alpha value is -2.26. The average Bonchev–Trinajstić information content (AvgIpc) is 2.60. The number of rotatable bonds is 5. The fourth-order valence-electron chi connectivity index (χ4n) is 3.32. The molecule has 1 fully saturated rings. The summed E-state index contributed by atoms with van der Waals surface area (Å²) in [5.74, 6) is 0.0745. The van der Waals surface area contributed by atoms with Crippen molar-refractivity contribution in [3.8, 4) is 0 Å². The molecule has 0 radical (unpaired) electrons. The molecule has 1 N–H and O–H groups in total. The fourth-order valence-corrected chi connectivity index (χ4v) is 4.23. The lowest BCUT2D eigenvalue weighted by Gasteiger charge is -2.34. The topological polar surface area (TPSA) is 105 Å². The number of nitrogens with one attached hydrogen (secondary N) is 1. The van der Waals surface area contributed by atoms with E-state index in [1.165, 1.54) is 6.07 Å². The number of hydrogen-bond donors (Lipinski definition) is 1. The number of pyridine rings is 1. The van der Waals surface area contributed by atoms with Gasteiger partial charge in [-0.05, 0) is 32.8 Å². The molecule has 26 heavy (non-hydrogen) atoms. The van der Waals surface area contributed by atoms with E-state index in [9.17, 15) is 18.5 Å². The molecule has 0 bridgehead atoms. The van der Waals surface area contributed by atoms with Gasteiger partial charge < -0.3 is 4.90 Å². The second-order valence-corrected chi connectivity index (χ2v) is 8.54. The number of aromatic nitrogens is 1. The van der Waals surface area contributed by atoms with Crippen molar-refractivity contribution in [2.75, 3.05) is 23.7 Å². The third kappa shape index (κ3) is 3.78. The van der Waals surface area contributed by atoms with Gasteiger partial charge in [0, 0.05) is 42.0 Å². The normalized spacial score (nSPS) is 16.2. The number of piperidine rings is 1. The number of sulfonamides is 1. The summed E-state index contributed by atoms with van der Waals surface area (Å²) in [4.78, 5) is 17.4. The van der Waals surface area contributed by atoms with Gasteiger partial charge >= 0.3 is 0 Å². The van der Waals surface area contributed by atoms with Crippen molar-refractivity contribution >= 4 is 32.3 Å². The van der Waals surface area contributed by atoms with Gasteiger partial charge in [-0.3, -0.25) is 10.1 Å². The summed E-state index contributed by atoms with van der Waals surface area (Å²) >= 11 is 0. The van der Waals surface area contributed by atoms with Crippen molar-refractivity contribution in [2.45, 2.75) is 32.7 Å². The molecule has 1 aliphatic heterocycles. The van der Waals surface area contributed by atoms with Gasteiger partial charge in [0.2, 0.25) is 10.0 Å². The molecule has 0 saturated carbocycles. The van der Waals surface area contributed by atoms with Crippen molar-refractivity contribution in [1.82, 2.24) is 9.71 Å². The molecule has 9 heteroatoms. The summed E-state index contributed by atoms with van der Waals surface area (Å²) in [6.45, 7) is 4.80. The highest BCUT2D eigenvalue weighted by Gasteiger charge is 2.25. The number of para-hydroxylation sites is 1. The number of anilines is 1. The highest BCUT2D eigenvalue weighted by atomic mass is 32.2. The first-order chi connectivity index (χ1) is 12.3.